The lowest BCUT2D eigenvalue weighted by Gasteiger charge is -2.53. The Morgan fingerprint density at radius 2 is 1.00 bits per heavy atom. The van der Waals surface area contributed by atoms with Gasteiger partial charge in [-0.05, 0) is 0 Å². The van der Waals surface area contributed by atoms with Crippen LogP contribution in [0.5, 0.6) is 0 Å². The maximum atomic E-state index is 12.1. The van der Waals surface area contributed by atoms with Crippen LogP contribution in [0.15, 0.2) is 0 Å². The van der Waals surface area contributed by atoms with Gasteiger partial charge in [0.1, 0.15) is 0 Å². The van der Waals surface area contributed by atoms with E-state index in [-0.39, 0.29) is 0 Å². The van der Waals surface area contributed by atoms with E-state index in [0.29, 0.717) is 0 Å². The van der Waals surface area contributed by atoms with Gasteiger partial charge in [0.15, 0.2) is 0 Å². The maximum absolute atomic E-state index is 12.8. The van der Waals surface area contributed by atoms with Crippen molar-refractivity contribution in [3.05, 3.63) is 0 Å². The Balaban J connectivity index is 6.97. The summed E-state index contributed by atoms with van der Waals surface area (Å²) in [4.78, 5) is -8.51. The minimum Gasteiger partial charge on any atom is -0.199 e. The first-order valence-electron chi connectivity index (χ1n) is 3.47. The largest absolute Gasteiger partial charge is 0.447 e. The summed E-state index contributed by atoms with van der Waals surface area (Å²) in [6, 6.07) is 0. The molecule has 0 rings (SSSR count). The molecule has 0 aromatic carbocycles. The van der Waals surface area contributed by atoms with E-state index in [9.17, 15) is 58.1 Å². The molecule has 0 aliphatic heterocycles. The molecule has 0 heterocycles. The second kappa shape index (κ2) is 3.60. The van der Waals surface area contributed by atoms with Crippen LogP contribution in [-0.4, -0.2) is 25.7 Å². The van der Waals surface area contributed by atoms with Gasteiger partial charge in [-0.15, -0.1) is 0 Å². The van der Waals surface area contributed by atoms with Gasteiger partial charge in [0, 0.05) is 0 Å². The van der Waals surface area contributed by atoms with Gasteiger partial charge in [0.05, 0.1) is 0 Å². The molecule has 20 heavy (non-hydrogen) atoms. The van der Waals surface area contributed by atoms with E-state index in [1.54, 1.807) is 0 Å². The van der Waals surface area contributed by atoms with Crippen LogP contribution >= 0.6 is 10.2 Å². The summed E-state index contributed by atoms with van der Waals surface area (Å²) < 4.78 is 164. The van der Waals surface area contributed by atoms with Gasteiger partial charge < -0.3 is 0 Å². The summed E-state index contributed by atoms with van der Waals surface area (Å²) in [6.07, 6.45) is -16.2. The molecule has 0 fully saturated rings. The van der Waals surface area contributed by atoms with Crippen molar-refractivity contribution in [2.45, 2.75) is 17.3 Å². The van der Waals surface area contributed by atoms with E-state index >= 15 is 0 Å². The first kappa shape index (κ1) is 19.4. The average Bonchev–Trinajstić information content (AvgIpc) is 1.87. The van der Waals surface area contributed by atoms with Crippen molar-refractivity contribution in [3.8, 4) is 0 Å². The summed E-state index contributed by atoms with van der Waals surface area (Å²) in [5, 5.41) is 0. The van der Waals surface area contributed by atoms with Gasteiger partial charge in [-0.1, -0.05) is 23.3 Å². The van der Waals surface area contributed by atoms with Crippen molar-refractivity contribution in [1.82, 2.24) is 0 Å². The van der Waals surface area contributed by atoms with Gasteiger partial charge in [-0.25, -0.2) is 0 Å². The molecule has 3 nitrogen and oxygen atoms in total. The molecular formula is C3F12O3S2. The Morgan fingerprint density at radius 3 is 1.05 bits per heavy atom. The van der Waals surface area contributed by atoms with E-state index in [2.05, 4.69) is 0 Å². The van der Waals surface area contributed by atoms with Crippen LogP contribution in [0.25, 0.3) is 0 Å². The molecule has 0 saturated heterocycles. The van der Waals surface area contributed by atoms with Crippen molar-refractivity contribution < 1.29 is 62.3 Å². The second-order valence-corrected chi connectivity index (χ2v) is 6.52. The van der Waals surface area contributed by atoms with Gasteiger partial charge in [-0.2, -0.15) is 38.9 Å². The van der Waals surface area contributed by atoms with E-state index in [1.165, 1.54) is 0 Å². The summed E-state index contributed by atoms with van der Waals surface area (Å²) in [6.45, 7) is 0. The van der Waals surface area contributed by atoms with Crippen molar-refractivity contribution in [2.24, 2.45) is 0 Å². The molecule has 0 atom stereocenters. The molecule has 0 bridgehead atoms. The first-order valence-corrected chi connectivity index (χ1v) is 6.73. The summed E-state index contributed by atoms with van der Waals surface area (Å²) in [5.41, 5.74) is 0. The Kier molecular flexibility index (Phi) is 3.49. The molecule has 0 aromatic rings. The summed E-state index contributed by atoms with van der Waals surface area (Å²) >= 11 is 0. The van der Waals surface area contributed by atoms with E-state index in [4.69, 9.17) is 0 Å². The molecule has 0 aliphatic rings. The lowest BCUT2D eigenvalue weighted by Crippen LogP contribution is -2.65. The van der Waals surface area contributed by atoms with Gasteiger partial charge in [0.25, 0.3) is 0 Å². The fourth-order valence-electron chi connectivity index (χ4n) is 0.897. The number of hydrogen-bond donors (Lipinski definition) is 0. The Morgan fingerprint density at radius 1 is 0.750 bits per heavy atom. The van der Waals surface area contributed by atoms with Crippen LogP contribution in [0.2, 0.25) is 0 Å². The highest BCUT2D eigenvalue weighted by Gasteiger charge is 3.00. The fraction of sp³-hybridized carbons (Fsp3) is 1.00. The lowest BCUT2D eigenvalue weighted by molar-refractivity contribution is -0.330. The third-order valence-electron chi connectivity index (χ3n) is 1.51. The van der Waals surface area contributed by atoms with Crippen LogP contribution in [0.4, 0.5) is 49.7 Å². The summed E-state index contributed by atoms with van der Waals surface area (Å²) in [5.74, 6) is 0. The Labute approximate surface area is 101 Å². The molecular weight excluding hydrogens is 376 g/mol. The average molecular weight is 376 g/mol. The molecule has 0 aromatic heterocycles. The first-order chi connectivity index (χ1) is 7.95. The number of rotatable bonds is 3. The monoisotopic (exact) mass is 376 g/mol. The minimum atomic E-state index is -12.8. The van der Waals surface area contributed by atoms with Gasteiger partial charge in [0.2, 0.25) is 0 Å². The van der Waals surface area contributed by atoms with Crippen molar-refractivity contribution in [2.75, 3.05) is 0 Å². The number of hydrogen-bond acceptors (Lipinski definition) is 3. The van der Waals surface area contributed by atoms with Crippen molar-refractivity contribution >= 4 is 20.7 Å². The third kappa shape index (κ3) is 3.18. The lowest BCUT2D eigenvalue weighted by atomic mass is 10.3. The normalized spacial score (nSPS) is 19.4. The topological polar surface area (TPSA) is 43.4 Å². The zero-order chi connectivity index (χ0) is 17.1. The highest BCUT2D eigenvalue weighted by Crippen LogP contribution is 3.06. The number of alkyl halides is 6. The molecule has 0 spiro atoms. The van der Waals surface area contributed by atoms with Crippen molar-refractivity contribution in [3.63, 3.8) is 0 Å². The highest BCUT2D eigenvalue weighted by molar-refractivity contribution is 8.46. The quantitative estimate of drug-likeness (QED) is 0.544. The molecule has 0 aliphatic carbocycles. The molecule has 0 amide bonds. The number of halogens is 12. The zero-order valence-corrected chi connectivity index (χ0v) is 9.71. The van der Waals surface area contributed by atoms with Crippen LogP contribution < -0.4 is 0 Å². The summed E-state index contributed by atoms with van der Waals surface area (Å²) in [7, 11) is -20.6. The Hall–Kier alpha value is -0.580. The minimum absolute atomic E-state index is 1.16. The maximum Gasteiger partial charge on any atom is 0.447 e. The van der Waals surface area contributed by atoms with Crippen LogP contribution in [-0.2, 0) is 14.7 Å². The van der Waals surface area contributed by atoms with Crippen LogP contribution in [0, 0.1) is 0 Å². The third-order valence-corrected chi connectivity index (χ3v) is 3.69. The second-order valence-electron chi connectivity index (χ2n) is 3.06. The molecule has 0 radical (unpaired) electrons. The van der Waals surface area contributed by atoms with Crippen LogP contribution in [0.1, 0.15) is 0 Å². The van der Waals surface area contributed by atoms with E-state index in [0.717, 1.165) is 4.18 Å². The predicted molar refractivity (Wildman–Crippen MR) is 39.1 cm³/mol. The Bertz CT molecular complexity index is 476. The van der Waals surface area contributed by atoms with Crippen LogP contribution in [0.3, 0.4) is 0 Å². The molecule has 126 valence electrons. The molecule has 0 unspecified atom stereocenters. The molecule has 0 saturated carbocycles. The standard InChI is InChI=1S/C3F12O3S2/c4-2(5,6)1(3(7,8)9,18-19(10,16)17)20(11,12,13,14)15. The van der Waals surface area contributed by atoms with Gasteiger partial charge >= 0.3 is 38.0 Å². The molecule has 0 N–H and O–H groups in total. The van der Waals surface area contributed by atoms with E-state index < -0.39 is 38.0 Å². The highest BCUT2D eigenvalue weighted by atomic mass is 32.5. The van der Waals surface area contributed by atoms with Gasteiger partial charge in [-0.3, -0.25) is 0 Å². The SMILES string of the molecule is O=S(=O)(F)OC(C(F)(F)F)(C(F)(F)F)S(F)(F)(F)(F)F. The molecule has 17 heteroatoms. The fourth-order valence-corrected chi connectivity index (χ4v) is 3.00. The van der Waals surface area contributed by atoms with E-state index in [1.807, 2.05) is 0 Å². The predicted octanol–water partition coefficient (Wildman–Crippen LogP) is 4.34. The zero-order valence-electron chi connectivity index (χ0n) is 8.08. The smallest absolute Gasteiger partial charge is 0.199 e. The van der Waals surface area contributed by atoms with Crippen molar-refractivity contribution in [1.29, 1.82) is 0 Å².